The van der Waals surface area contributed by atoms with Gasteiger partial charge >= 0.3 is 5.69 Å². The first kappa shape index (κ1) is 15.9. The zero-order valence-corrected chi connectivity index (χ0v) is 13.2. The molecule has 3 rings (SSSR count). The SMILES string of the molecule is Cc1ccc(Nc2nc(N3CCOCC3)nc(N)c2[N+](=O)[O-])cc1. The second-order valence-electron chi connectivity index (χ2n) is 5.45. The number of nitrogens with one attached hydrogen (secondary N) is 1. The fourth-order valence-electron chi connectivity index (χ4n) is 2.41. The molecule has 1 fully saturated rings. The standard InChI is InChI=1S/C15H18N6O3/c1-10-2-4-11(5-3-10)17-14-12(21(22)23)13(16)18-15(19-14)20-6-8-24-9-7-20/h2-5H,6-9H2,1H3,(H3,16,17,18,19). The Hall–Kier alpha value is -2.94. The van der Waals surface area contributed by atoms with Crippen LogP contribution in [-0.4, -0.2) is 41.2 Å². The van der Waals surface area contributed by atoms with Crippen molar-refractivity contribution >= 4 is 29.0 Å². The maximum atomic E-state index is 11.3. The number of rotatable bonds is 4. The summed E-state index contributed by atoms with van der Waals surface area (Å²) < 4.78 is 5.30. The summed E-state index contributed by atoms with van der Waals surface area (Å²) in [5.74, 6) is 0.278. The highest BCUT2D eigenvalue weighted by Gasteiger charge is 2.25. The van der Waals surface area contributed by atoms with Crippen LogP contribution in [0.5, 0.6) is 0 Å². The van der Waals surface area contributed by atoms with E-state index in [2.05, 4.69) is 15.3 Å². The molecule has 0 spiro atoms. The lowest BCUT2D eigenvalue weighted by Crippen LogP contribution is -2.37. The van der Waals surface area contributed by atoms with Crippen molar-refractivity contribution in [3.63, 3.8) is 0 Å². The van der Waals surface area contributed by atoms with Crippen molar-refractivity contribution in [2.75, 3.05) is 42.3 Å². The number of nitro groups is 1. The molecule has 1 aliphatic heterocycles. The molecule has 126 valence electrons. The summed E-state index contributed by atoms with van der Waals surface area (Å²) in [5, 5.41) is 14.3. The summed E-state index contributed by atoms with van der Waals surface area (Å²) >= 11 is 0. The van der Waals surface area contributed by atoms with Crippen molar-refractivity contribution < 1.29 is 9.66 Å². The molecule has 0 atom stereocenters. The van der Waals surface area contributed by atoms with Gasteiger partial charge < -0.3 is 20.7 Å². The Labute approximate surface area is 138 Å². The van der Waals surface area contributed by atoms with Gasteiger partial charge in [0.2, 0.25) is 17.6 Å². The van der Waals surface area contributed by atoms with Crippen LogP contribution in [0, 0.1) is 17.0 Å². The molecule has 3 N–H and O–H groups in total. The van der Waals surface area contributed by atoms with Crippen molar-refractivity contribution in [2.45, 2.75) is 6.92 Å². The minimum atomic E-state index is -0.574. The van der Waals surface area contributed by atoms with Gasteiger partial charge in [0, 0.05) is 18.8 Å². The number of hydrogen-bond acceptors (Lipinski definition) is 8. The molecule has 0 unspecified atom stereocenters. The number of aryl methyl sites for hydroxylation is 1. The van der Waals surface area contributed by atoms with Crippen molar-refractivity contribution in [1.29, 1.82) is 0 Å². The Balaban J connectivity index is 1.98. The first-order valence-electron chi connectivity index (χ1n) is 7.53. The van der Waals surface area contributed by atoms with Gasteiger partial charge in [-0.2, -0.15) is 9.97 Å². The third kappa shape index (κ3) is 3.35. The summed E-state index contributed by atoms with van der Waals surface area (Å²) in [6.45, 7) is 4.30. The number of morpholine rings is 1. The van der Waals surface area contributed by atoms with Crippen LogP contribution < -0.4 is 16.0 Å². The molecule has 1 aliphatic rings. The normalized spacial score (nSPS) is 14.5. The highest BCUT2D eigenvalue weighted by molar-refractivity contribution is 5.74. The minimum absolute atomic E-state index is 0.0813. The molecule has 0 radical (unpaired) electrons. The molecule has 0 bridgehead atoms. The second-order valence-corrected chi connectivity index (χ2v) is 5.45. The lowest BCUT2D eigenvalue weighted by molar-refractivity contribution is -0.383. The predicted molar refractivity (Wildman–Crippen MR) is 90.6 cm³/mol. The van der Waals surface area contributed by atoms with E-state index in [4.69, 9.17) is 10.5 Å². The number of nitrogens with zero attached hydrogens (tertiary/aromatic N) is 4. The molecule has 0 saturated carbocycles. The van der Waals surface area contributed by atoms with Gasteiger partial charge in [-0.3, -0.25) is 10.1 Å². The van der Waals surface area contributed by atoms with Crippen LogP contribution in [-0.2, 0) is 4.74 Å². The van der Waals surface area contributed by atoms with Crippen LogP contribution in [0.2, 0.25) is 0 Å². The van der Waals surface area contributed by atoms with Gasteiger partial charge in [0.25, 0.3) is 0 Å². The Kier molecular flexibility index (Phi) is 4.43. The Morgan fingerprint density at radius 1 is 1.25 bits per heavy atom. The number of anilines is 4. The van der Waals surface area contributed by atoms with E-state index in [1.54, 1.807) is 0 Å². The maximum absolute atomic E-state index is 11.3. The zero-order chi connectivity index (χ0) is 17.1. The highest BCUT2D eigenvalue weighted by Crippen LogP contribution is 2.32. The molecule has 24 heavy (non-hydrogen) atoms. The van der Waals surface area contributed by atoms with Crippen LogP contribution in [0.4, 0.5) is 29.0 Å². The topological polar surface area (TPSA) is 119 Å². The second kappa shape index (κ2) is 6.67. The molecular weight excluding hydrogens is 312 g/mol. The van der Waals surface area contributed by atoms with Crippen LogP contribution in [0.1, 0.15) is 5.56 Å². The molecule has 9 heteroatoms. The summed E-state index contributed by atoms with van der Waals surface area (Å²) in [7, 11) is 0. The van der Waals surface area contributed by atoms with Crippen molar-refractivity contribution in [3.05, 3.63) is 39.9 Å². The van der Waals surface area contributed by atoms with Gasteiger partial charge in [0.1, 0.15) is 0 Å². The number of benzene rings is 1. The molecular formula is C15H18N6O3. The van der Waals surface area contributed by atoms with Crippen LogP contribution >= 0.6 is 0 Å². The fourth-order valence-corrected chi connectivity index (χ4v) is 2.41. The Bertz CT molecular complexity index is 744. The van der Waals surface area contributed by atoms with Gasteiger partial charge in [0.15, 0.2) is 0 Å². The lowest BCUT2D eigenvalue weighted by Gasteiger charge is -2.27. The molecule has 9 nitrogen and oxygen atoms in total. The van der Waals surface area contributed by atoms with Gasteiger partial charge in [-0.1, -0.05) is 17.7 Å². The van der Waals surface area contributed by atoms with Gasteiger partial charge in [0.05, 0.1) is 18.1 Å². The summed E-state index contributed by atoms with van der Waals surface area (Å²) in [4.78, 5) is 21.1. The van der Waals surface area contributed by atoms with E-state index in [9.17, 15) is 10.1 Å². The third-order valence-electron chi connectivity index (χ3n) is 3.69. The Morgan fingerprint density at radius 2 is 1.92 bits per heavy atom. The molecule has 2 heterocycles. The third-order valence-corrected chi connectivity index (χ3v) is 3.69. The molecule has 0 aliphatic carbocycles. The number of aromatic nitrogens is 2. The van der Waals surface area contributed by atoms with E-state index in [1.807, 2.05) is 36.1 Å². The zero-order valence-electron chi connectivity index (χ0n) is 13.2. The molecule has 1 saturated heterocycles. The predicted octanol–water partition coefficient (Wildman–Crippen LogP) is 1.86. The van der Waals surface area contributed by atoms with Crippen LogP contribution in [0.3, 0.4) is 0 Å². The van der Waals surface area contributed by atoms with E-state index in [0.717, 1.165) is 5.56 Å². The number of nitrogens with two attached hydrogens (primary N) is 1. The minimum Gasteiger partial charge on any atom is -0.378 e. The fraction of sp³-hybridized carbons (Fsp3) is 0.333. The average molecular weight is 330 g/mol. The molecule has 1 aromatic heterocycles. The van der Waals surface area contributed by atoms with E-state index < -0.39 is 4.92 Å². The van der Waals surface area contributed by atoms with Crippen molar-refractivity contribution in [3.8, 4) is 0 Å². The summed E-state index contributed by atoms with van der Waals surface area (Å²) in [6.07, 6.45) is 0. The molecule has 2 aromatic rings. The monoisotopic (exact) mass is 330 g/mol. The van der Waals surface area contributed by atoms with Gasteiger partial charge in [-0.15, -0.1) is 0 Å². The smallest absolute Gasteiger partial charge is 0.353 e. The average Bonchev–Trinajstić information content (AvgIpc) is 2.57. The van der Waals surface area contributed by atoms with E-state index in [0.29, 0.717) is 37.9 Å². The first-order chi connectivity index (χ1) is 11.5. The molecule has 0 amide bonds. The van der Waals surface area contributed by atoms with E-state index in [1.165, 1.54) is 0 Å². The number of ether oxygens (including phenoxy) is 1. The highest BCUT2D eigenvalue weighted by atomic mass is 16.6. The summed E-state index contributed by atoms with van der Waals surface area (Å²) in [5.41, 5.74) is 7.27. The number of hydrogen-bond donors (Lipinski definition) is 2. The maximum Gasteiger partial charge on any atom is 0.353 e. The first-order valence-corrected chi connectivity index (χ1v) is 7.53. The van der Waals surface area contributed by atoms with Crippen molar-refractivity contribution in [2.24, 2.45) is 0 Å². The Morgan fingerprint density at radius 3 is 2.54 bits per heavy atom. The van der Waals surface area contributed by atoms with Gasteiger partial charge in [-0.25, -0.2) is 0 Å². The van der Waals surface area contributed by atoms with Crippen molar-refractivity contribution in [1.82, 2.24) is 9.97 Å². The number of nitrogen functional groups attached to an aromatic ring is 1. The van der Waals surface area contributed by atoms with E-state index >= 15 is 0 Å². The quantitative estimate of drug-likeness (QED) is 0.644. The van der Waals surface area contributed by atoms with Crippen LogP contribution in [0.15, 0.2) is 24.3 Å². The van der Waals surface area contributed by atoms with Gasteiger partial charge in [-0.05, 0) is 19.1 Å². The largest absolute Gasteiger partial charge is 0.378 e. The summed E-state index contributed by atoms with van der Waals surface area (Å²) in [6, 6.07) is 7.46. The molecule has 1 aromatic carbocycles. The van der Waals surface area contributed by atoms with Crippen LogP contribution in [0.25, 0.3) is 0 Å². The lowest BCUT2D eigenvalue weighted by atomic mass is 10.2. The van der Waals surface area contributed by atoms with E-state index in [-0.39, 0.29) is 17.3 Å².